The van der Waals surface area contributed by atoms with E-state index in [1.165, 1.54) is 11.8 Å². The molecule has 0 spiro atoms. The van der Waals surface area contributed by atoms with E-state index in [4.69, 9.17) is 23.2 Å². The lowest BCUT2D eigenvalue weighted by molar-refractivity contribution is -0.125. The average molecular weight is 358 g/mol. The standard InChI is InChI=1S/C16H17Cl2NO2S/c1-16(2,3)13(20)7-15-19(14(21)9-22-15)8-10-4-5-11(17)6-12(10)18/h4-7H,8-9H2,1-3H3/b15-7-. The van der Waals surface area contributed by atoms with Crippen LogP contribution in [0.2, 0.25) is 10.0 Å². The Balaban J connectivity index is 2.25. The maximum absolute atomic E-state index is 12.2. The molecule has 0 saturated carbocycles. The van der Waals surface area contributed by atoms with Gasteiger partial charge in [0.2, 0.25) is 5.91 Å². The Bertz CT molecular complexity index is 650. The molecule has 1 heterocycles. The van der Waals surface area contributed by atoms with Crippen LogP contribution in [0.15, 0.2) is 29.3 Å². The molecule has 1 aromatic carbocycles. The van der Waals surface area contributed by atoms with E-state index < -0.39 is 5.41 Å². The first-order chi connectivity index (χ1) is 10.2. The Morgan fingerprint density at radius 1 is 1.36 bits per heavy atom. The van der Waals surface area contributed by atoms with Gasteiger partial charge in [0.15, 0.2) is 5.78 Å². The van der Waals surface area contributed by atoms with E-state index >= 15 is 0 Å². The number of carbonyl (C=O) groups is 2. The highest BCUT2D eigenvalue weighted by Crippen LogP contribution is 2.33. The second-order valence-corrected chi connectivity index (χ2v) is 7.94. The minimum atomic E-state index is -0.469. The van der Waals surface area contributed by atoms with Gasteiger partial charge in [0.1, 0.15) is 0 Å². The molecule has 1 aromatic rings. The van der Waals surface area contributed by atoms with Gasteiger partial charge in [-0.3, -0.25) is 9.59 Å². The molecule has 2 rings (SSSR count). The summed E-state index contributed by atoms with van der Waals surface area (Å²) < 4.78 is 0. The molecule has 1 aliphatic heterocycles. The second-order valence-electron chi connectivity index (χ2n) is 6.10. The van der Waals surface area contributed by atoms with Crippen LogP contribution in [-0.2, 0) is 16.1 Å². The number of hydrogen-bond acceptors (Lipinski definition) is 3. The van der Waals surface area contributed by atoms with Crippen LogP contribution in [0.5, 0.6) is 0 Å². The smallest absolute Gasteiger partial charge is 0.238 e. The van der Waals surface area contributed by atoms with Crippen molar-refractivity contribution < 1.29 is 9.59 Å². The number of rotatable bonds is 3. The zero-order valence-electron chi connectivity index (χ0n) is 12.7. The number of ketones is 1. The van der Waals surface area contributed by atoms with Crippen molar-refractivity contribution in [2.45, 2.75) is 27.3 Å². The third-order valence-corrected chi connectivity index (χ3v) is 4.86. The highest BCUT2D eigenvalue weighted by molar-refractivity contribution is 8.04. The SMILES string of the molecule is CC(C)(C)C(=O)/C=C1\SCC(=O)N1Cc1ccc(Cl)cc1Cl. The molecule has 0 bridgehead atoms. The summed E-state index contributed by atoms with van der Waals surface area (Å²) in [6.07, 6.45) is 1.55. The number of hydrogen-bond donors (Lipinski definition) is 0. The molecule has 118 valence electrons. The van der Waals surface area contributed by atoms with Crippen molar-refractivity contribution in [2.24, 2.45) is 5.41 Å². The maximum Gasteiger partial charge on any atom is 0.238 e. The monoisotopic (exact) mass is 357 g/mol. The number of carbonyl (C=O) groups excluding carboxylic acids is 2. The topological polar surface area (TPSA) is 37.4 Å². The third kappa shape index (κ3) is 4.06. The summed E-state index contributed by atoms with van der Waals surface area (Å²) in [7, 11) is 0. The quantitative estimate of drug-likeness (QED) is 0.746. The van der Waals surface area contributed by atoms with Gasteiger partial charge >= 0.3 is 0 Å². The normalized spacial score (nSPS) is 17.4. The third-order valence-electron chi connectivity index (χ3n) is 3.25. The zero-order valence-corrected chi connectivity index (χ0v) is 15.0. The lowest BCUT2D eigenvalue weighted by Crippen LogP contribution is -2.26. The largest absolute Gasteiger partial charge is 0.301 e. The zero-order chi connectivity index (χ0) is 16.5. The van der Waals surface area contributed by atoms with Crippen molar-refractivity contribution in [2.75, 3.05) is 5.75 Å². The summed E-state index contributed by atoms with van der Waals surface area (Å²) in [5.74, 6) is 0.315. The molecule has 0 aliphatic carbocycles. The Morgan fingerprint density at radius 3 is 2.64 bits per heavy atom. The predicted octanol–water partition coefficient (Wildman–Crippen LogP) is 4.53. The van der Waals surface area contributed by atoms with Gasteiger partial charge in [-0.2, -0.15) is 0 Å². The molecule has 1 aliphatic rings. The van der Waals surface area contributed by atoms with E-state index in [2.05, 4.69) is 0 Å². The van der Waals surface area contributed by atoms with Gasteiger partial charge in [-0.05, 0) is 17.7 Å². The fraction of sp³-hybridized carbons (Fsp3) is 0.375. The molecule has 0 unspecified atom stereocenters. The van der Waals surface area contributed by atoms with Crippen molar-refractivity contribution in [3.63, 3.8) is 0 Å². The molecular weight excluding hydrogens is 341 g/mol. The maximum atomic E-state index is 12.2. The number of nitrogens with zero attached hydrogens (tertiary/aromatic N) is 1. The van der Waals surface area contributed by atoms with Gasteiger partial charge in [0, 0.05) is 21.5 Å². The molecule has 0 radical (unpaired) electrons. The summed E-state index contributed by atoms with van der Waals surface area (Å²) in [5, 5.41) is 1.74. The van der Waals surface area contributed by atoms with Crippen molar-refractivity contribution in [3.8, 4) is 0 Å². The van der Waals surface area contributed by atoms with E-state index in [-0.39, 0.29) is 11.7 Å². The van der Waals surface area contributed by atoms with Crippen LogP contribution < -0.4 is 0 Å². The number of allylic oxidation sites excluding steroid dienone is 1. The van der Waals surface area contributed by atoms with Crippen molar-refractivity contribution >= 4 is 46.7 Å². The molecule has 0 N–H and O–H groups in total. The van der Waals surface area contributed by atoms with E-state index in [0.717, 1.165) is 5.56 Å². The number of halogens is 2. The fourth-order valence-corrected chi connectivity index (χ4v) is 3.26. The summed E-state index contributed by atoms with van der Waals surface area (Å²) in [4.78, 5) is 25.8. The molecule has 3 nitrogen and oxygen atoms in total. The Labute approximate surface area is 144 Å². The Hall–Kier alpha value is -0.970. The lowest BCUT2D eigenvalue weighted by atomic mass is 9.91. The Kier molecular flexibility index (Phi) is 5.25. The van der Waals surface area contributed by atoms with Gasteiger partial charge in [-0.15, -0.1) is 0 Å². The molecule has 22 heavy (non-hydrogen) atoms. The fourth-order valence-electron chi connectivity index (χ4n) is 1.85. The first-order valence-corrected chi connectivity index (χ1v) is 8.56. The number of amides is 1. The Morgan fingerprint density at radius 2 is 2.05 bits per heavy atom. The van der Waals surface area contributed by atoms with Crippen molar-refractivity contribution in [3.05, 3.63) is 44.9 Å². The van der Waals surface area contributed by atoms with Crippen LogP contribution in [0.4, 0.5) is 0 Å². The van der Waals surface area contributed by atoms with E-state index in [9.17, 15) is 9.59 Å². The van der Waals surface area contributed by atoms with Crippen LogP contribution in [0.25, 0.3) is 0 Å². The number of benzene rings is 1. The van der Waals surface area contributed by atoms with Crippen molar-refractivity contribution in [1.82, 2.24) is 4.90 Å². The van der Waals surface area contributed by atoms with E-state index in [1.807, 2.05) is 20.8 Å². The van der Waals surface area contributed by atoms with Gasteiger partial charge in [0.05, 0.1) is 17.3 Å². The lowest BCUT2D eigenvalue weighted by Gasteiger charge is -2.20. The van der Waals surface area contributed by atoms with Crippen LogP contribution in [0, 0.1) is 5.41 Å². The predicted molar refractivity (Wildman–Crippen MR) is 92.0 cm³/mol. The van der Waals surface area contributed by atoms with E-state index in [1.54, 1.807) is 29.2 Å². The van der Waals surface area contributed by atoms with Crippen LogP contribution in [0.3, 0.4) is 0 Å². The average Bonchev–Trinajstić information content (AvgIpc) is 2.73. The van der Waals surface area contributed by atoms with Gasteiger partial charge < -0.3 is 4.90 Å². The first-order valence-electron chi connectivity index (χ1n) is 6.81. The molecule has 6 heteroatoms. The van der Waals surface area contributed by atoms with Crippen LogP contribution >= 0.6 is 35.0 Å². The molecule has 0 aromatic heterocycles. The van der Waals surface area contributed by atoms with Gasteiger partial charge in [0.25, 0.3) is 0 Å². The number of thioether (sulfide) groups is 1. The molecule has 1 fully saturated rings. The summed E-state index contributed by atoms with van der Waals surface area (Å²) in [6, 6.07) is 5.18. The first kappa shape index (κ1) is 17.4. The van der Waals surface area contributed by atoms with Gasteiger partial charge in [-0.1, -0.05) is 61.8 Å². The summed E-state index contributed by atoms with van der Waals surface area (Å²) >= 11 is 13.4. The molecular formula is C16H17Cl2NO2S. The molecule has 0 atom stereocenters. The van der Waals surface area contributed by atoms with Crippen molar-refractivity contribution in [1.29, 1.82) is 0 Å². The van der Waals surface area contributed by atoms with E-state index in [0.29, 0.717) is 27.4 Å². The summed E-state index contributed by atoms with van der Waals surface area (Å²) in [6.45, 7) is 5.90. The minimum absolute atomic E-state index is 0.00287. The van der Waals surface area contributed by atoms with Gasteiger partial charge in [-0.25, -0.2) is 0 Å². The highest BCUT2D eigenvalue weighted by Gasteiger charge is 2.29. The van der Waals surface area contributed by atoms with Crippen LogP contribution in [0.1, 0.15) is 26.3 Å². The minimum Gasteiger partial charge on any atom is -0.301 e. The highest BCUT2D eigenvalue weighted by atomic mass is 35.5. The summed E-state index contributed by atoms with van der Waals surface area (Å²) in [5.41, 5.74) is 0.332. The van der Waals surface area contributed by atoms with Crippen LogP contribution in [-0.4, -0.2) is 22.3 Å². The molecule has 1 amide bonds. The second kappa shape index (κ2) is 6.65. The molecule has 1 saturated heterocycles.